The van der Waals surface area contributed by atoms with Gasteiger partial charge in [0.15, 0.2) is 0 Å². The lowest BCUT2D eigenvalue weighted by atomic mass is 9.83. The Morgan fingerprint density at radius 3 is 3.04 bits per heavy atom. The maximum Gasteiger partial charge on any atom is 0.220 e. The van der Waals surface area contributed by atoms with E-state index >= 15 is 0 Å². The Balaban J connectivity index is 1.27. The lowest BCUT2D eigenvalue weighted by molar-refractivity contribution is -0.121. The van der Waals surface area contributed by atoms with Crippen LogP contribution >= 0.6 is 0 Å². The molecule has 0 aliphatic carbocycles. The summed E-state index contributed by atoms with van der Waals surface area (Å²) in [7, 11) is 2.00. The second kappa shape index (κ2) is 7.78. The monoisotopic (exact) mass is 354 g/mol. The van der Waals surface area contributed by atoms with Crippen LogP contribution in [0, 0.1) is 5.92 Å². The van der Waals surface area contributed by atoms with E-state index in [4.69, 9.17) is 0 Å². The summed E-state index contributed by atoms with van der Waals surface area (Å²) >= 11 is 0. The fraction of sp³-hybridized carbons (Fsp3) is 0.619. The Bertz CT molecular complexity index is 766. The molecule has 3 heterocycles. The van der Waals surface area contributed by atoms with Gasteiger partial charge in [-0.3, -0.25) is 4.79 Å². The number of nitrogens with zero attached hydrogens (tertiary/aromatic N) is 3. The number of piperidine rings is 2. The van der Waals surface area contributed by atoms with Gasteiger partial charge in [0, 0.05) is 26.1 Å². The molecule has 1 N–H and O–H groups in total. The first-order chi connectivity index (χ1) is 12.7. The number of amides is 1. The molecule has 26 heavy (non-hydrogen) atoms. The molecule has 1 amide bonds. The average molecular weight is 354 g/mol. The SMILES string of the molecule is Cn1cnc2cc(CCC(=O)NC[C@@H]3CCCN4CCCC[C@H]34)ccc21. The molecule has 1 aromatic heterocycles. The molecule has 2 fully saturated rings. The third-order valence-electron chi connectivity index (χ3n) is 6.22. The van der Waals surface area contributed by atoms with Gasteiger partial charge in [-0.15, -0.1) is 0 Å². The predicted octanol–water partition coefficient (Wildman–Crippen LogP) is 2.89. The van der Waals surface area contributed by atoms with E-state index < -0.39 is 0 Å². The molecule has 2 aliphatic heterocycles. The summed E-state index contributed by atoms with van der Waals surface area (Å²) in [4.78, 5) is 19.4. The largest absolute Gasteiger partial charge is 0.356 e. The minimum Gasteiger partial charge on any atom is -0.356 e. The topological polar surface area (TPSA) is 50.2 Å². The second-order valence-electron chi connectivity index (χ2n) is 7.98. The van der Waals surface area contributed by atoms with Gasteiger partial charge in [-0.05, 0) is 68.8 Å². The molecule has 0 unspecified atom stereocenters. The van der Waals surface area contributed by atoms with Crippen molar-refractivity contribution in [1.29, 1.82) is 0 Å². The molecule has 5 nitrogen and oxygen atoms in total. The number of hydrogen-bond acceptors (Lipinski definition) is 3. The van der Waals surface area contributed by atoms with Crippen LogP contribution in [-0.4, -0.2) is 46.0 Å². The van der Waals surface area contributed by atoms with E-state index in [2.05, 4.69) is 33.4 Å². The van der Waals surface area contributed by atoms with Gasteiger partial charge in [-0.25, -0.2) is 4.98 Å². The normalized spacial score (nSPS) is 23.7. The van der Waals surface area contributed by atoms with Crippen LogP contribution in [0.4, 0.5) is 0 Å². The first-order valence-electron chi connectivity index (χ1n) is 10.1. The molecule has 0 saturated carbocycles. The minimum absolute atomic E-state index is 0.180. The maximum atomic E-state index is 12.3. The molecule has 0 bridgehead atoms. The molecule has 5 heteroatoms. The lowest BCUT2D eigenvalue weighted by Crippen LogP contribution is -2.51. The number of nitrogens with one attached hydrogen (secondary N) is 1. The molecule has 2 atom stereocenters. The quantitative estimate of drug-likeness (QED) is 0.898. The van der Waals surface area contributed by atoms with Gasteiger partial charge < -0.3 is 14.8 Å². The Morgan fingerprint density at radius 2 is 2.12 bits per heavy atom. The standard InChI is InChI=1S/C21H30N4O/c1-24-15-23-18-13-16(7-9-20(18)24)8-10-21(26)22-14-17-5-4-12-25-11-3-2-6-19(17)25/h7,9,13,15,17,19H,2-6,8,10-12,14H2,1H3,(H,22,26)/t17-,19+/m0/s1. The van der Waals surface area contributed by atoms with Crippen molar-refractivity contribution in [3.8, 4) is 0 Å². The van der Waals surface area contributed by atoms with E-state index in [9.17, 15) is 4.79 Å². The highest BCUT2D eigenvalue weighted by atomic mass is 16.1. The molecule has 2 saturated heterocycles. The van der Waals surface area contributed by atoms with Crippen LogP contribution in [0.5, 0.6) is 0 Å². The second-order valence-corrected chi connectivity index (χ2v) is 7.98. The number of aromatic nitrogens is 2. The molecule has 1 aromatic carbocycles. The molecule has 4 rings (SSSR count). The minimum atomic E-state index is 0.180. The number of fused-ring (bicyclic) bond motifs is 2. The van der Waals surface area contributed by atoms with E-state index in [1.165, 1.54) is 50.8 Å². The van der Waals surface area contributed by atoms with Gasteiger partial charge in [0.05, 0.1) is 17.4 Å². The first-order valence-corrected chi connectivity index (χ1v) is 10.1. The number of carbonyl (C=O) groups excluding carboxylic acids is 1. The summed E-state index contributed by atoms with van der Waals surface area (Å²) in [5, 5.41) is 3.21. The Labute approximate surface area is 155 Å². The van der Waals surface area contributed by atoms with Crippen LogP contribution in [0.3, 0.4) is 0 Å². The third-order valence-corrected chi connectivity index (χ3v) is 6.22. The molecule has 0 spiro atoms. The lowest BCUT2D eigenvalue weighted by Gasteiger charge is -2.44. The van der Waals surface area contributed by atoms with Gasteiger partial charge in [0.2, 0.25) is 5.91 Å². The van der Waals surface area contributed by atoms with Crippen molar-refractivity contribution in [2.45, 2.75) is 51.0 Å². The van der Waals surface area contributed by atoms with Crippen LogP contribution in [-0.2, 0) is 18.3 Å². The number of benzene rings is 1. The predicted molar refractivity (Wildman–Crippen MR) is 104 cm³/mol. The van der Waals surface area contributed by atoms with Crippen molar-refractivity contribution >= 4 is 16.9 Å². The molecular formula is C21H30N4O. The van der Waals surface area contributed by atoms with Crippen molar-refractivity contribution in [2.75, 3.05) is 19.6 Å². The van der Waals surface area contributed by atoms with Crippen molar-refractivity contribution in [1.82, 2.24) is 19.8 Å². The zero-order chi connectivity index (χ0) is 17.9. The molecule has 0 radical (unpaired) electrons. The number of imidazole rings is 1. The van der Waals surface area contributed by atoms with Crippen molar-refractivity contribution in [2.24, 2.45) is 13.0 Å². The molecule has 2 aromatic rings. The van der Waals surface area contributed by atoms with Crippen molar-refractivity contribution < 1.29 is 4.79 Å². The zero-order valence-corrected chi connectivity index (χ0v) is 15.8. The van der Waals surface area contributed by atoms with Crippen molar-refractivity contribution in [3.63, 3.8) is 0 Å². The summed E-state index contributed by atoms with van der Waals surface area (Å²) in [6, 6.07) is 7.00. The average Bonchev–Trinajstić information content (AvgIpc) is 3.05. The Morgan fingerprint density at radius 1 is 1.23 bits per heavy atom. The Hall–Kier alpha value is -1.88. The van der Waals surface area contributed by atoms with E-state index in [-0.39, 0.29) is 5.91 Å². The fourth-order valence-electron chi connectivity index (χ4n) is 4.74. The number of hydrogen-bond donors (Lipinski definition) is 1. The maximum absolute atomic E-state index is 12.3. The summed E-state index contributed by atoms with van der Waals surface area (Å²) in [6.07, 6.45) is 9.71. The van der Waals surface area contributed by atoms with Crippen LogP contribution in [0.2, 0.25) is 0 Å². The first kappa shape index (κ1) is 17.5. The molecule has 2 aliphatic rings. The van der Waals surface area contributed by atoms with Gasteiger partial charge in [0.1, 0.15) is 0 Å². The Kier molecular flexibility index (Phi) is 5.25. The summed E-state index contributed by atoms with van der Waals surface area (Å²) < 4.78 is 2.02. The number of aryl methyl sites for hydroxylation is 2. The smallest absolute Gasteiger partial charge is 0.220 e. The van der Waals surface area contributed by atoms with Crippen LogP contribution in [0.1, 0.15) is 44.1 Å². The molecule has 140 valence electrons. The van der Waals surface area contributed by atoms with E-state index in [0.717, 1.165) is 24.0 Å². The summed E-state index contributed by atoms with van der Waals surface area (Å²) in [5.41, 5.74) is 3.32. The highest BCUT2D eigenvalue weighted by Crippen LogP contribution is 2.30. The number of rotatable bonds is 5. The third kappa shape index (κ3) is 3.78. The molecular weight excluding hydrogens is 324 g/mol. The highest BCUT2D eigenvalue weighted by molar-refractivity contribution is 5.78. The van der Waals surface area contributed by atoms with Gasteiger partial charge in [-0.2, -0.15) is 0 Å². The van der Waals surface area contributed by atoms with Gasteiger partial charge >= 0.3 is 0 Å². The number of carbonyl (C=O) groups is 1. The van der Waals surface area contributed by atoms with E-state index in [1.807, 2.05) is 17.9 Å². The van der Waals surface area contributed by atoms with Crippen LogP contribution in [0.25, 0.3) is 11.0 Å². The fourth-order valence-corrected chi connectivity index (χ4v) is 4.74. The van der Waals surface area contributed by atoms with E-state index in [1.54, 1.807) is 0 Å². The van der Waals surface area contributed by atoms with E-state index in [0.29, 0.717) is 18.4 Å². The summed E-state index contributed by atoms with van der Waals surface area (Å²) in [6.45, 7) is 3.36. The van der Waals surface area contributed by atoms with Crippen LogP contribution < -0.4 is 5.32 Å². The van der Waals surface area contributed by atoms with Crippen molar-refractivity contribution in [3.05, 3.63) is 30.1 Å². The highest BCUT2D eigenvalue weighted by Gasteiger charge is 2.32. The summed E-state index contributed by atoms with van der Waals surface area (Å²) in [5.74, 6) is 0.817. The van der Waals surface area contributed by atoms with Gasteiger partial charge in [-0.1, -0.05) is 12.5 Å². The van der Waals surface area contributed by atoms with Crippen LogP contribution in [0.15, 0.2) is 24.5 Å². The van der Waals surface area contributed by atoms with Gasteiger partial charge in [0.25, 0.3) is 0 Å². The zero-order valence-electron chi connectivity index (χ0n) is 15.8.